The van der Waals surface area contributed by atoms with Gasteiger partial charge in [-0.3, -0.25) is 0 Å². The van der Waals surface area contributed by atoms with E-state index in [4.69, 9.17) is 4.74 Å². The van der Waals surface area contributed by atoms with Crippen molar-refractivity contribution in [2.75, 3.05) is 20.2 Å². The Hall–Kier alpha value is -1.80. The Morgan fingerprint density at radius 3 is 2.45 bits per heavy atom. The van der Waals surface area contributed by atoms with Gasteiger partial charge in [0, 0.05) is 6.54 Å². The zero-order valence-corrected chi connectivity index (χ0v) is 12.3. The van der Waals surface area contributed by atoms with Crippen LogP contribution < -0.4 is 10.1 Å². The Kier molecular flexibility index (Phi) is 5.63. The molecule has 0 aliphatic rings. The number of ether oxygens (including phenoxy) is 1. The SMILES string of the molecule is COc1ccccc1CCNC[C@H](C)c1ccccc1. The molecule has 0 spiro atoms. The summed E-state index contributed by atoms with van der Waals surface area (Å²) < 4.78 is 5.37. The maximum Gasteiger partial charge on any atom is 0.122 e. The van der Waals surface area contributed by atoms with Crippen LogP contribution in [-0.2, 0) is 6.42 Å². The highest BCUT2D eigenvalue weighted by molar-refractivity contribution is 5.33. The van der Waals surface area contributed by atoms with E-state index < -0.39 is 0 Å². The Bertz CT molecular complexity index is 510. The molecular formula is C18H23NO. The molecule has 0 radical (unpaired) electrons. The predicted molar refractivity (Wildman–Crippen MR) is 84.4 cm³/mol. The molecule has 2 rings (SSSR count). The lowest BCUT2D eigenvalue weighted by atomic mass is 10.0. The average molecular weight is 269 g/mol. The summed E-state index contributed by atoms with van der Waals surface area (Å²) in [5.74, 6) is 1.51. The molecule has 0 aliphatic carbocycles. The van der Waals surface area contributed by atoms with Gasteiger partial charge in [0.2, 0.25) is 0 Å². The lowest BCUT2D eigenvalue weighted by Crippen LogP contribution is -2.22. The molecule has 0 unspecified atom stereocenters. The van der Waals surface area contributed by atoms with Gasteiger partial charge in [-0.25, -0.2) is 0 Å². The fourth-order valence-electron chi connectivity index (χ4n) is 2.35. The quantitative estimate of drug-likeness (QED) is 0.775. The normalized spacial score (nSPS) is 12.1. The van der Waals surface area contributed by atoms with Crippen molar-refractivity contribution in [1.82, 2.24) is 5.32 Å². The summed E-state index contributed by atoms with van der Waals surface area (Å²) in [5.41, 5.74) is 2.65. The van der Waals surface area contributed by atoms with Crippen LogP contribution in [0.2, 0.25) is 0 Å². The van der Waals surface area contributed by atoms with Crippen molar-refractivity contribution in [3.63, 3.8) is 0 Å². The number of nitrogens with one attached hydrogen (secondary N) is 1. The van der Waals surface area contributed by atoms with Gasteiger partial charge in [0.05, 0.1) is 7.11 Å². The summed E-state index contributed by atoms with van der Waals surface area (Å²) in [6, 6.07) is 18.8. The molecule has 2 heteroatoms. The summed E-state index contributed by atoms with van der Waals surface area (Å²) in [7, 11) is 1.73. The minimum absolute atomic E-state index is 0.536. The van der Waals surface area contributed by atoms with Crippen molar-refractivity contribution < 1.29 is 4.74 Å². The highest BCUT2D eigenvalue weighted by atomic mass is 16.5. The van der Waals surface area contributed by atoms with Gasteiger partial charge in [0.25, 0.3) is 0 Å². The predicted octanol–water partition coefficient (Wildman–Crippen LogP) is 3.63. The molecule has 0 amide bonds. The first-order chi connectivity index (χ1) is 9.81. The molecule has 0 heterocycles. The van der Waals surface area contributed by atoms with E-state index in [-0.39, 0.29) is 0 Å². The van der Waals surface area contributed by atoms with Gasteiger partial charge in [0.1, 0.15) is 5.75 Å². The van der Waals surface area contributed by atoms with E-state index in [0.29, 0.717) is 5.92 Å². The minimum Gasteiger partial charge on any atom is -0.496 e. The summed E-state index contributed by atoms with van der Waals surface area (Å²) >= 11 is 0. The number of rotatable bonds is 7. The lowest BCUT2D eigenvalue weighted by molar-refractivity contribution is 0.409. The third-order valence-electron chi connectivity index (χ3n) is 3.58. The van der Waals surface area contributed by atoms with Crippen LogP contribution in [-0.4, -0.2) is 20.2 Å². The first-order valence-corrected chi connectivity index (χ1v) is 7.19. The third-order valence-corrected chi connectivity index (χ3v) is 3.58. The highest BCUT2D eigenvalue weighted by Gasteiger charge is 2.05. The van der Waals surface area contributed by atoms with E-state index in [1.807, 2.05) is 12.1 Å². The topological polar surface area (TPSA) is 21.3 Å². The Morgan fingerprint density at radius 1 is 1.00 bits per heavy atom. The van der Waals surface area contributed by atoms with Gasteiger partial charge in [-0.2, -0.15) is 0 Å². The van der Waals surface area contributed by atoms with Crippen molar-refractivity contribution in [2.45, 2.75) is 19.3 Å². The van der Waals surface area contributed by atoms with Crippen molar-refractivity contribution in [1.29, 1.82) is 0 Å². The molecule has 0 saturated heterocycles. The van der Waals surface area contributed by atoms with Gasteiger partial charge in [-0.05, 0) is 36.1 Å². The van der Waals surface area contributed by atoms with Crippen molar-refractivity contribution in [3.05, 3.63) is 65.7 Å². The molecule has 2 nitrogen and oxygen atoms in total. The molecule has 0 saturated carbocycles. The monoisotopic (exact) mass is 269 g/mol. The van der Waals surface area contributed by atoms with E-state index in [1.54, 1.807) is 7.11 Å². The molecule has 106 valence electrons. The zero-order valence-electron chi connectivity index (χ0n) is 12.3. The lowest BCUT2D eigenvalue weighted by Gasteiger charge is -2.13. The molecule has 0 fully saturated rings. The van der Waals surface area contributed by atoms with Crippen LogP contribution in [0.15, 0.2) is 54.6 Å². The van der Waals surface area contributed by atoms with E-state index in [2.05, 4.69) is 54.7 Å². The number of hydrogen-bond acceptors (Lipinski definition) is 2. The first kappa shape index (κ1) is 14.6. The Balaban J connectivity index is 1.76. The molecule has 2 aromatic carbocycles. The van der Waals surface area contributed by atoms with Crippen molar-refractivity contribution >= 4 is 0 Å². The molecule has 0 aromatic heterocycles. The minimum atomic E-state index is 0.536. The second-order valence-corrected chi connectivity index (χ2v) is 5.08. The van der Waals surface area contributed by atoms with Crippen molar-refractivity contribution in [2.24, 2.45) is 0 Å². The number of para-hydroxylation sites is 1. The maximum atomic E-state index is 5.37. The van der Waals surface area contributed by atoms with E-state index in [1.165, 1.54) is 11.1 Å². The summed E-state index contributed by atoms with van der Waals surface area (Å²) in [6.45, 7) is 4.22. The molecule has 1 N–H and O–H groups in total. The van der Waals surface area contributed by atoms with Crippen LogP contribution in [0, 0.1) is 0 Å². The Morgan fingerprint density at radius 2 is 1.70 bits per heavy atom. The third kappa shape index (κ3) is 4.10. The molecule has 1 atom stereocenters. The average Bonchev–Trinajstić information content (AvgIpc) is 2.52. The van der Waals surface area contributed by atoms with Crippen LogP contribution in [0.5, 0.6) is 5.75 Å². The molecular weight excluding hydrogens is 246 g/mol. The molecule has 2 aromatic rings. The first-order valence-electron chi connectivity index (χ1n) is 7.19. The summed E-state index contributed by atoms with van der Waals surface area (Å²) in [5, 5.41) is 3.53. The van der Waals surface area contributed by atoms with Crippen LogP contribution in [0.4, 0.5) is 0 Å². The number of hydrogen-bond donors (Lipinski definition) is 1. The highest BCUT2D eigenvalue weighted by Crippen LogP contribution is 2.17. The van der Waals surface area contributed by atoms with Crippen molar-refractivity contribution in [3.8, 4) is 5.75 Å². The largest absolute Gasteiger partial charge is 0.496 e. The van der Waals surface area contributed by atoms with Gasteiger partial charge >= 0.3 is 0 Å². The van der Waals surface area contributed by atoms with Gasteiger partial charge in [0.15, 0.2) is 0 Å². The fraction of sp³-hybridized carbons (Fsp3) is 0.333. The molecule has 0 aliphatic heterocycles. The van der Waals surface area contributed by atoms with Gasteiger partial charge < -0.3 is 10.1 Å². The second-order valence-electron chi connectivity index (χ2n) is 5.08. The maximum absolute atomic E-state index is 5.37. The molecule has 20 heavy (non-hydrogen) atoms. The summed E-state index contributed by atoms with van der Waals surface area (Å²) in [6.07, 6.45) is 0.992. The van der Waals surface area contributed by atoms with E-state index in [9.17, 15) is 0 Å². The smallest absolute Gasteiger partial charge is 0.122 e. The van der Waals surface area contributed by atoms with Gasteiger partial charge in [-0.1, -0.05) is 55.5 Å². The van der Waals surface area contributed by atoms with Crippen LogP contribution in [0.1, 0.15) is 24.0 Å². The van der Waals surface area contributed by atoms with Crippen LogP contribution in [0.25, 0.3) is 0 Å². The van der Waals surface area contributed by atoms with Crippen LogP contribution in [0.3, 0.4) is 0 Å². The zero-order chi connectivity index (χ0) is 14.2. The van der Waals surface area contributed by atoms with E-state index >= 15 is 0 Å². The number of methoxy groups -OCH3 is 1. The molecule has 0 bridgehead atoms. The van der Waals surface area contributed by atoms with Gasteiger partial charge in [-0.15, -0.1) is 0 Å². The number of benzene rings is 2. The standard InChI is InChI=1S/C18H23NO/c1-15(16-8-4-3-5-9-16)14-19-13-12-17-10-6-7-11-18(17)20-2/h3-11,15,19H,12-14H2,1-2H3/t15-/m0/s1. The second kappa shape index (κ2) is 7.71. The van der Waals surface area contributed by atoms with E-state index in [0.717, 1.165) is 25.3 Å². The summed E-state index contributed by atoms with van der Waals surface area (Å²) in [4.78, 5) is 0. The van der Waals surface area contributed by atoms with Crippen LogP contribution >= 0.6 is 0 Å². The fourth-order valence-corrected chi connectivity index (χ4v) is 2.35. The Labute approximate surface area is 121 Å².